The molecular formula is C13H15BrN2O3S2. The van der Waals surface area contributed by atoms with E-state index in [4.69, 9.17) is 0 Å². The molecule has 0 radical (unpaired) electrons. The van der Waals surface area contributed by atoms with E-state index in [1.807, 2.05) is 16.7 Å². The number of hydrogen-bond donors (Lipinski definition) is 2. The van der Waals surface area contributed by atoms with Crippen LogP contribution in [0.1, 0.15) is 29.5 Å². The molecule has 2 heterocycles. The van der Waals surface area contributed by atoms with E-state index in [1.54, 1.807) is 12.3 Å². The van der Waals surface area contributed by atoms with Gasteiger partial charge >= 0.3 is 0 Å². The molecule has 0 aliphatic heterocycles. The number of sulfonamides is 1. The quantitative estimate of drug-likeness (QED) is 0.795. The van der Waals surface area contributed by atoms with Crippen molar-refractivity contribution < 1.29 is 13.5 Å². The first-order valence-corrected chi connectivity index (χ1v) is 9.64. The first kappa shape index (κ1) is 15.2. The lowest BCUT2D eigenvalue weighted by Gasteiger charge is -2.04. The highest BCUT2D eigenvalue weighted by atomic mass is 79.9. The summed E-state index contributed by atoms with van der Waals surface area (Å²) in [4.78, 5) is 1.16. The van der Waals surface area contributed by atoms with Gasteiger partial charge in [0.1, 0.15) is 0 Å². The SMILES string of the molecule is O=S(=O)(NCc1ccc(Br)s1)c1cc(CO)n(C2CC2)c1. The molecule has 1 aliphatic rings. The molecule has 114 valence electrons. The predicted octanol–water partition coefficient (Wildman–Crippen LogP) is 2.62. The van der Waals surface area contributed by atoms with Crippen LogP contribution < -0.4 is 4.72 Å². The second-order valence-corrected chi connectivity index (χ2v) is 9.31. The van der Waals surface area contributed by atoms with Crippen molar-refractivity contribution in [1.29, 1.82) is 0 Å². The van der Waals surface area contributed by atoms with Crippen molar-refractivity contribution in [2.24, 2.45) is 0 Å². The summed E-state index contributed by atoms with van der Waals surface area (Å²) in [5, 5.41) is 9.35. The van der Waals surface area contributed by atoms with Crippen LogP contribution in [0.25, 0.3) is 0 Å². The summed E-state index contributed by atoms with van der Waals surface area (Å²) in [6, 6.07) is 5.66. The molecule has 1 fully saturated rings. The lowest BCUT2D eigenvalue weighted by Crippen LogP contribution is -2.22. The minimum absolute atomic E-state index is 0.149. The Hall–Kier alpha value is -0.670. The molecule has 3 rings (SSSR count). The number of aromatic nitrogens is 1. The van der Waals surface area contributed by atoms with Gasteiger partial charge in [-0.25, -0.2) is 13.1 Å². The molecule has 5 nitrogen and oxygen atoms in total. The third kappa shape index (κ3) is 3.40. The van der Waals surface area contributed by atoms with E-state index in [0.717, 1.165) is 21.5 Å². The molecule has 8 heteroatoms. The van der Waals surface area contributed by atoms with Gasteiger partial charge in [-0.1, -0.05) is 0 Å². The molecule has 0 unspecified atom stereocenters. The van der Waals surface area contributed by atoms with Crippen LogP contribution in [0.2, 0.25) is 0 Å². The van der Waals surface area contributed by atoms with Gasteiger partial charge in [-0.3, -0.25) is 0 Å². The van der Waals surface area contributed by atoms with Crippen molar-refractivity contribution in [1.82, 2.24) is 9.29 Å². The van der Waals surface area contributed by atoms with E-state index < -0.39 is 10.0 Å². The summed E-state index contributed by atoms with van der Waals surface area (Å²) < 4.78 is 30.1. The maximum atomic E-state index is 12.3. The smallest absolute Gasteiger partial charge is 0.242 e. The first-order chi connectivity index (χ1) is 9.99. The Kier molecular flexibility index (Phi) is 4.24. The minimum Gasteiger partial charge on any atom is -0.390 e. The number of halogens is 1. The summed E-state index contributed by atoms with van der Waals surface area (Å²) in [5.74, 6) is 0. The van der Waals surface area contributed by atoms with Crippen LogP contribution in [0.4, 0.5) is 0 Å². The fourth-order valence-electron chi connectivity index (χ4n) is 2.16. The van der Waals surface area contributed by atoms with Crippen molar-refractivity contribution in [2.75, 3.05) is 0 Å². The van der Waals surface area contributed by atoms with E-state index in [2.05, 4.69) is 20.7 Å². The van der Waals surface area contributed by atoms with Gasteiger partial charge in [-0.2, -0.15) is 0 Å². The van der Waals surface area contributed by atoms with Crippen LogP contribution in [-0.2, 0) is 23.2 Å². The Balaban J connectivity index is 1.77. The van der Waals surface area contributed by atoms with E-state index >= 15 is 0 Å². The van der Waals surface area contributed by atoms with Gasteiger partial charge in [0.15, 0.2) is 0 Å². The number of nitrogens with zero attached hydrogens (tertiary/aromatic N) is 1. The topological polar surface area (TPSA) is 71.3 Å². The number of thiophene rings is 1. The Bertz CT molecular complexity index is 747. The largest absolute Gasteiger partial charge is 0.390 e. The average Bonchev–Trinajstić information content (AvgIpc) is 3.05. The van der Waals surface area contributed by atoms with Gasteiger partial charge in [0.25, 0.3) is 0 Å². The number of nitrogens with one attached hydrogen (secondary N) is 1. The molecule has 1 aliphatic carbocycles. The van der Waals surface area contributed by atoms with Crippen molar-refractivity contribution in [2.45, 2.75) is 36.9 Å². The number of rotatable bonds is 6. The maximum absolute atomic E-state index is 12.3. The third-order valence-corrected chi connectivity index (χ3v) is 6.38. The molecule has 2 aromatic rings. The van der Waals surface area contributed by atoms with Crippen LogP contribution >= 0.6 is 27.3 Å². The van der Waals surface area contributed by atoms with Gasteiger partial charge in [0.2, 0.25) is 10.0 Å². The minimum atomic E-state index is -3.56. The maximum Gasteiger partial charge on any atom is 0.242 e. The average molecular weight is 391 g/mol. The standard InChI is InChI=1S/C13H15BrN2O3S2/c14-13-4-3-11(20-13)6-15-21(18,19)12-5-10(8-17)16(7-12)9-1-2-9/h3-5,7,9,15,17H,1-2,6,8H2. The van der Waals surface area contributed by atoms with Gasteiger partial charge in [-0.15, -0.1) is 11.3 Å². The second kappa shape index (κ2) is 5.85. The zero-order valence-electron chi connectivity index (χ0n) is 11.1. The number of hydrogen-bond acceptors (Lipinski definition) is 4. The molecular weight excluding hydrogens is 376 g/mol. The predicted molar refractivity (Wildman–Crippen MR) is 84.7 cm³/mol. The fraction of sp³-hybridized carbons (Fsp3) is 0.385. The Morgan fingerprint density at radius 2 is 2.19 bits per heavy atom. The molecule has 0 aromatic carbocycles. The lowest BCUT2D eigenvalue weighted by molar-refractivity contribution is 0.270. The molecule has 21 heavy (non-hydrogen) atoms. The monoisotopic (exact) mass is 390 g/mol. The summed E-state index contributed by atoms with van der Waals surface area (Å²) in [5.41, 5.74) is 0.650. The Labute approximate surface area is 135 Å². The Morgan fingerprint density at radius 3 is 2.76 bits per heavy atom. The summed E-state index contributed by atoms with van der Waals surface area (Å²) >= 11 is 4.85. The summed E-state index contributed by atoms with van der Waals surface area (Å²) in [7, 11) is -3.56. The first-order valence-electron chi connectivity index (χ1n) is 6.55. The van der Waals surface area contributed by atoms with Crippen LogP contribution in [0.3, 0.4) is 0 Å². The molecule has 0 spiro atoms. The van der Waals surface area contributed by atoms with Crippen molar-refractivity contribution in [3.63, 3.8) is 0 Å². The fourth-order valence-corrected chi connectivity index (χ4v) is 4.73. The normalized spacial score (nSPS) is 15.5. The molecule has 0 bridgehead atoms. The highest BCUT2D eigenvalue weighted by Gasteiger charge is 2.28. The number of aliphatic hydroxyl groups excluding tert-OH is 1. The zero-order chi connectivity index (χ0) is 15.0. The van der Waals surface area contributed by atoms with Crippen molar-refractivity contribution in [3.05, 3.63) is 38.8 Å². The van der Waals surface area contributed by atoms with E-state index in [1.165, 1.54) is 11.3 Å². The van der Waals surface area contributed by atoms with E-state index in [9.17, 15) is 13.5 Å². The van der Waals surface area contributed by atoms with Crippen molar-refractivity contribution >= 4 is 37.3 Å². The molecule has 2 aromatic heterocycles. The van der Waals surface area contributed by atoms with Crippen molar-refractivity contribution in [3.8, 4) is 0 Å². The van der Waals surface area contributed by atoms with Crippen LogP contribution in [0.15, 0.2) is 33.1 Å². The highest BCUT2D eigenvalue weighted by molar-refractivity contribution is 9.11. The second-order valence-electron chi connectivity index (χ2n) is 4.99. The molecule has 2 N–H and O–H groups in total. The zero-order valence-corrected chi connectivity index (χ0v) is 14.3. The summed E-state index contributed by atoms with van der Waals surface area (Å²) in [6.45, 7) is 0.117. The van der Waals surface area contributed by atoms with Crippen LogP contribution in [0, 0.1) is 0 Å². The molecule has 0 saturated heterocycles. The Morgan fingerprint density at radius 1 is 1.43 bits per heavy atom. The van der Waals surface area contributed by atoms with Gasteiger partial charge in [0, 0.05) is 29.4 Å². The number of aliphatic hydroxyl groups is 1. The van der Waals surface area contributed by atoms with E-state index in [0.29, 0.717) is 11.7 Å². The lowest BCUT2D eigenvalue weighted by atomic mass is 10.4. The van der Waals surface area contributed by atoms with Gasteiger partial charge < -0.3 is 9.67 Å². The van der Waals surface area contributed by atoms with E-state index in [-0.39, 0.29) is 18.0 Å². The van der Waals surface area contributed by atoms with Crippen LogP contribution in [-0.4, -0.2) is 18.1 Å². The summed E-state index contributed by atoms with van der Waals surface area (Å²) in [6.07, 6.45) is 3.70. The molecule has 1 saturated carbocycles. The van der Waals surface area contributed by atoms with Gasteiger partial charge in [-0.05, 0) is 47.0 Å². The van der Waals surface area contributed by atoms with Gasteiger partial charge in [0.05, 0.1) is 15.3 Å². The van der Waals surface area contributed by atoms with Crippen LogP contribution in [0.5, 0.6) is 0 Å². The third-order valence-electron chi connectivity index (χ3n) is 3.38. The highest BCUT2D eigenvalue weighted by Crippen LogP contribution is 2.37. The molecule has 0 atom stereocenters. The molecule has 0 amide bonds.